The van der Waals surface area contributed by atoms with Crippen molar-refractivity contribution in [3.63, 3.8) is 0 Å². The van der Waals surface area contributed by atoms with Crippen LogP contribution in [-0.2, 0) is 20.8 Å². The van der Waals surface area contributed by atoms with Crippen LogP contribution in [0.5, 0.6) is 0 Å². The summed E-state index contributed by atoms with van der Waals surface area (Å²) in [6.07, 6.45) is 7.17. The van der Waals surface area contributed by atoms with E-state index in [-0.39, 0.29) is 12.4 Å². The fraction of sp³-hybridized carbons (Fsp3) is 0.647. The van der Waals surface area contributed by atoms with Gasteiger partial charge in [0, 0.05) is 13.2 Å². The van der Waals surface area contributed by atoms with E-state index >= 15 is 0 Å². The second kappa shape index (κ2) is 7.21. The Morgan fingerprint density at radius 3 is 2.50 bits per heavy atom. The lowest BCUT2D eigenvalue weighted by Crippen LogP contribution is -2.22. The molecule has 20 heavy (non-hydrogen) atoms. The third-order valence-electron chi connectivity index (χ3n) is 4.14. The Kier molecular flexibility index (Phi) is 5.06. The number of rotatable bonds is 4. The van der Waals surface area contributed by atoms with Crippen LogP contribution in [0.3, 0.4) is 0 Å². The van der Waals surface area contributed by atoms with E-state index in [1.165, 1.54) is 30.4 Å². The largest absolute Gasteiger partial charge is 0.374 e. The quantitative estimate of drug-likeness (QED) is 0.832. The van der Waals surface area contributed by atoms with E-state index in [1.54, 1.807) is 0 Å². The molecule has 110 valence electrons. The van der Waals surface area contributed by atoms with E-state index < -0.39 is 0 Å². The zero-order valence-electron chi connectivity index (χ0n) is 12.1. The molecule has 0 aliphatic carbocycles. The van der Waals surface area contributed by atoms with Crippen molar-refractivity contribution in [3.8, 4) is 0 Å². The van der Waals surface area contributed by atoms with Crippen LogP contribution in [0.4, 0.5) is 0 Å². The average molecular weight is 276 g/mol. The molecule has 0 amide bonds. The summed E-state index contributed by atoms with van der Waals surface area (Å²) in [6, 6.07) is 8.49. The summed E-state index contributed by atoms with van der Waals surface area (Å²) in [4.78, 5) is 0. The summed E-state index contributed by atoms with van der Waals surface area (Å²) in [5.74, 6) is 0. The number of benzene rings is 1. The third-order valence-corrected chi connectivity index (χ3v) is 4.14. The van der Waals surface area contributed by atoms with Crippen LogP contribution in [0.25, 0.3) is 0 Å². The lowest BCUT2D eigenvalue weighted by Gasteiger charge is -2.26. The maximum absolute atomic E-state index is 5.92. The summed E-state index contributed by atoms with van der Waals surface area (Å²) in [5.41, 5.74) is 2.54. The zero-order chi connectivity index (χ0) is 13.6. The molecule has 0 radical (unpaired) electrons. The second-order valence-corrected chi connectivity index (χ2v) is 5.66. The molecule has 0 N–H and O–H groups in total. The second-order valence-electron chi connectivity index (χ2n) is 5.66. The van der Waals surface area contributed by atoms with Crippen molar-refractivity contribution in [1.82, 2.24) is 0 Å². The molecule has 2 unspecified atom stereocenters. The maximum atomic E-state index is 5.92. The van der Waals surface area contributed by atoms with Crippen LogP contribution < -0.4 is 0 Å². The molecule has 3 rings (SSSR count). The van der Waals surface area contributed by atoms with E-state index in [0.717, 1.165) is 32.5 Å². The Morgan fingerprint density at radius 2 is 1.75 bits per heavy atom. The summed E-state index contributed by atoms with van der Waals surface area (Å²) in [7, 11) is 0. The predicted molar refractivity (Wildman–Crippen MR) is 77.4 cm³/mol. The summed E-state index contributed by atoms with van der Waals surface area (Å²) in [6.45, 7) is 2.34. The lowest BCUT2D eigenvalue weighted by atomic mass is 9.97. The Morgan fingerprint density at radius 1 is 0.950 bits per heavy atom. The SMILES string of the molecule is c1ccc(C2CCCCO2)c(COC2CCCCO2)c1. The molecular weight excluding hydrogens is 252 g/mol. The number of ether oxygens (including phenoxy) is 3. The molecule has 0 spiro atoms. The van der Waals surface area contributed by atoms with Gasteiger partial charge in [-0.15, -0.1) is 0 Å². The molecule has 2 heterocycles. The molecule has 0 bridgehead atoms. The first-order valence-corrected chi connectivity index (χ1v) is 7.86. The van der Waals surface area contributed by atoms with Gasteiger partial charge in [-0.05, 0) is 49.7 Å². The first-order valence-electron chi connectivity index (χ1n) is 7.86. The van der Waals surface area contributed by atoms with Crippen LogP contribution in [-0.4, -0.2) is 19.5 Å². The van der Waals surface area contributed by atoms with Gasteiger partial charge in [-0.1, -0.05) is 24.3 Å². The highest BCUT2D eigenvalue weighted by molar-refractivity contribution is 5.29. The minimum absolute atomic E-state index is 0.0240. The topological polar surface area (TPSA) is 27.7 Å². The molecule has 0 aromatic heterocycles. The van der Waals surface area contributed by atoms with Gasteiger partial charge in [0.25, 0.3) is 0 Å². The molecule has 1 aromatic carbocycles. The number of hydrogen-bond acceptors (Lipinski definition) is 3. The maximum Gasteiger partial charge on any atom is 0.158 e. The van der Waals surface area contributed by atoms with Crippen molar-refractivity contribution in [3.05, 3.63) is 35.4 Å². The van der Waals surface area contributed by atoms with Crippen LogP contribution in [0.15, 0.2) is 24.3 Å². The predicted octanol–water partition coefficient (Wildman–Crippen LogP) is 3.97. The lowest BCUT2D eigenvalue weighted by molar-refractivity contribution is -0.169. The van der Waals surface area contributed by atoms with Crippen molar-refractivity contribution in [2.45, 2.75) is 57.5 Å². The van der Waals surface area contributed by atoms with Gasteiger partial charge < -0.3 is 14.2 Å². The smallest absolute Gasteiger partial charge is 0.158 e. The van der Waals surface area contributed by atoms with E-state index in [4.69, 9.17) is 14.2 Å². The van der Waals surface area contributed by atoms with Gasteiger partial charge in [0.05, 0.1) is 12.7 Å². The van der Waals surface area contributed by atoms with Crippen LogP contribution in [0.2, 0.25) is 0 Å². The molecule has 2 aliphatic heterocycles. The molecule has 3 nitrogen and oxygen atoms in total. The average Bonchev–Trinajstić information content (AvgIpc) is 2.55. The standard InChI is InChI=1S/C17H24O3/c1-2-8-15(16-9-3-5-11-18-16)14(7-1)13-20-17-10-4-6-12-19-17/h1-2,7-8,16-17H,3-6,9-13H2. The van der Waals surface area contributed by atoms with Crippen LogP contribution >= 0.6 is 0 Å². The van der Waals surface area contributed by atoms with Gasteiger partial charge >= 0.3 is 0 Å². The normalized spacial score (nSPS) is 27.4. The van der Waals surface area contributed by atoms with Crippen LogP contribution in [0.1, 0.15) is 55.8 Å². The Hall–Kier alpha value is -0.900. The summed E-state index contributed by atoms with van der Waals surface area (Å²) in [5, 5.41) is 0. The molecule has 2 aliphatic rings. The third kappa shape index (κ3) is 3.60. The minimum atomic E-state index is -0.0240. The Labute approximate surface area is 121 Å². The van der Waals surface area contributed by atoms with Crippen molar-refractivity contribution >= 4 is 0 Å². The van der Waals surface area contributed by atoms with Crippen molar-refractivity contribution in [2.75, 3.05) is 13.2 Å². The van der Waals surface area contributed by atoms with E-state index in [9.17, 15) is 0 Å². The molecular formula is C17H24O3. The van der Waals surface area contributed by atoms with Crippen molar-refractivity contribution in [2.24, 2.45) is 0 Å². The summed E-state index contributed by atoms with van der Waals surface area (Å²) >= 11 is 0. The highest BCUT2D eigenvalue weighted by Crippen LogP contribution is 2.30. The molecule has 0 saturated carbocycles. The van der Waals surface area contributed by atoms with Crippen molar-refractivity contribution in [1.29, 1.82) is 0 Å². The Balaban J connectivity index is 1.62. The highest BCUT2D eigenvalue weighted by atomic mass is 16.7. The van der Waals surface area contributed by atoms with Crippen LogP contribution in [0, 0.1) is 0 Å². The zero-order valence-corrected chi connectivity index (χ0v) is 12.1. The van der Waals surface area contributed by atoms with E-state index in [1.807, 2.05) is 0 Å². The first-order chi connectivity index (χ1) is 9.93. The molecule has 2 atom stereocenters. The van der Waals surface area contributed by atoms with Gasteiger partial charge in [0.2, 0.25) is 0 Å². The van der Waals surface area contributed by atoms with Gasteiger partial charge in [0.1, 0.15) is 0 Å². The Bertz CT molecular complexity index is 406. The molecule has 2 fully saturated rings. The van der Waals surface area contributed by atoms with Gasteiger partial charge in [-0.2, -0.15) is 0 Å². The van der Waals surface area contributed by atoms with E-state index in [2.05, 4.69) is 24.3 Å². The van der Waals surface area contributed by atoms with Gasteiger partial charge in [0.15, 0.2) is 6.29 Å². The minimum Gasteiger partial charge on any atom is -0.374 e. The molecule has 3 heteroatoms. The first kappa shape index (κ1) is 14.1. The van der Waals surface area contributed by atoms with Gasteiger partial charge in [-0.25, -0.2) is 0 Å². The number of hydrogen-bond donors (Lipinski definition) is 0. The molecule has 1 aromatic rings. The molecule has 2 saturated heterocycles. The fourth-order valence-corrected chi connectivity index (χ4v) is 2.99. The van der Waals surface area contributed by atoms with Gasteiger partial charge in [-0.3, -0.25) is 0 Å². The highest BCUT2D eigenvalue weighted by Gasteiger charge is 2.20. The van der Waals surface area contributed by atoms with Crippen molar-refractivity contribution < 1.29 is 14.2 Å². The summed E-state index contributed by atoms with van der Waals surface area (Å²) < 4.78 is 17.5. The monoisotopic (exact) mass is 276 g/mol. The van der Waals surface area contributed by atoms with E-state index in [0.29, 0.717) is 6.61 Å². The fourth-order valence-electron chi connectivity index (χ4n) is 2.99.